The highest BCUT2D eigenvalue weighted by Crippen LogP contribution is 2.20. The van der Waals surface area contributed by atoms with Crippen molar-refractivity contribution in [3.8, 4) is 0 Å². The van der Waals surface area contributed by atoms with E-state index in [1.165, 1.54) is 6.33 Å². The number of aliphatic hydroxyl groups is 1. The SMILES string of the molecule is CC(C)C[C@H](NC(=O)C(Cc1cnc[nH]1)NC(=O)[C@@H](Cc1cccc2ccccc12)NC(=O)OCc1ccccc1)[C@@H](O)CC(=O)OCc1ccccc1. The van der Waals surface area contributed by atoms with Crippen LogP contribution in [0.15, 0.2) is 116 Å². The summed E-state index contributed by atoms with van der Waals surface area (Å²) in [5.74, 6) is -1.78. The Balaban J connectivity index is 1.32. The van der Waals surface area contributed by atoms with E-state index in [-0.39, 0.29) is 38.4 Å². The quantitative estimate of drug-likeness (QED) is 0.0770. The molecule has 0 radical (unpaired) electrons. The molecule has 0 aliphatic heterocycles. The largest absolute Gasteiger partial charge is 0.461 e. The van der Waals surface area contributed by atoms with Crippen LogP contribution in [0.5, 0.6) is 0 Å². The summed E-state index contributed by atoms with van der Waals surface area (Å²) in [6, 6.07) is 28.7. The van der Waals surface area contributed by atoms with Crippen LogP contribution in [-0.4, -0.2) is 63.2 Å². The van der Waals surface area contributed by atoms with Crippen LogP contribution in [0.2, 0.25) is 0 Å². The Labute approximate surface area is 314 Å². The van der Waals surface area contributed by atoms with Crippen molar-refractivity contribution in [3.05, 3.63) is 138 Å². The number of hydrogen-bond donors (Lipinski definition) is 5. The van der Waals surface area contributed by atoms with Gasteiger partial charge in [0.05, 0.1) is 24.9 Å². The molecule has 0 saturated carbocycles. The van der Waals surface area contributed by atoms with Crippen LogP contribution in [0.4, 0.5) is 4.79 Å². The third kappa shape index (κ3) is 12.0. The molecule has 5 N–H and O–H groups in total. The van der Waals surface area contributed by atoms with Crippen LogP contribution >= 0.6 is 0 Å². The average molecular weight is 734 g/mol. The fourth-order valence-corrected chi connectivity index (χ4v) is 6.12. The van der Waals surface area contributed by atoms with Gasteiger partial charge in [0.1, 0.15) is 25.3 Å². The van der Waals surface area contributed by atoms with E-state index in [0.717, 1.165) is 27.5 Å². The molecular formula is C42H47N5O7. The minimum absolute atomic E-state index is 0.000497. The second kappa shape index (κ2) is 19.7. The van der Waals surface area contributed by atoms with Crippen molar-refractivity contribution in [1.29, 1.82) is 0 Å². The topological polar surface area (TPSA) is 172 Å². The molecular weight excluding hydrogens is 686 g/mol. The second-order valence-electron chi connectivity index (χ2n) is 13.6. The zero-order valence-corrected chi connectivity index (χ0v) is 30.4. The maximum atomic E-state index is 14.2. The van der Waals surface area contributed by atoms with Crippen LogP contribution < -0.4 is 16.0 Å². The van der Waals surface area contributed by atoms with Gasteiger partial charge in [0.25, 0.3) is 0 Å². The van der Waals surface area contributed by atoms with Gasteiger partial charge in [-0.2, -0.15) is 0 Å². The zero-order chi connectivity index (χ0) is 38.3. The molecule has 3 amide bonds. The lowest BCUT2D eigenvalue weighted by molar-refractivity contribution is -0.148. The average Bonchev–Trinajstić information content (AvgIpc) is 3.69. The summed E-state index contributed by atoms with van der Waals surface area (Å²) in [5, 5.41) is 21.5. The number of imidazole rings is 1. The van der Waals surface area contributed by atoms with Crippen LogP contribution in [-0.2, 0) is 49.9 Å². The first-order valence-corrected chi connectivity index (χ1v) is 18.0. The number of alkyl carbamates (subject to hydrolysis) is 1. The number of ether oxygens (including phenoxy) is 2. The van der Waals surface area contributed by atoms with Gasteiger partial charge in [0.15, 0.2) is 0 Å². The minimum Gasteiger partial charge on any atom is -0.461 e. The van der Waals surface area contributed by atoms with Crippen molar-refractivity contribution in [2.45, 2.75) is 77.0 Å². The van der Waals surface area contributed by atoms with Crippen molar-refractivity contribution in [2.75, 3.05) is 0 Å². The fraction of sp³-hybridized carbons (Fsp3) is 0.310. The van der Waals surface area contributed by atoms with Crippen molar-refractivity contribution in [3.63, 3.8) is 0 Å². The predicted octanol–water partition coefficient (Wildman–Crippen LogP) is 5.15. The Kier molecular flexibility index (Phi) is 14.3. The summed E-state index contributed by atoms with van der Waals surface area (Å²) in [6.45, 7) is 3.92. The summed E-state index contributed by atoms with van der Waals surface area (Å²) >= 11 is 0. The van der Waals surface area contributed by atoms with Gasteiger partial charge in [-0.25, -0.2) is 9.78 Å². The van der Waals surface area contributed by atoms with Gasteiger partial charge < -0.3 is 35.5 Å². The van der Waals surface area contributed by atoms with E-state index >= 15 is 0 Å². The number of H-pyrrole nitrogens is 1. The number of benzene rings is 4. The summed E-state index contributed by atoms with van der Waals surface area (Å²) < 4.78 is 10.9. The second-order valence-corrected chi connectivity index (χ2v) is 13.6. The lowest BCUT2D eigenvalue weighted by Gasteiger charge is -2.28. The van der Waals surface area contributed by atoms with E-state index in [1.54, 1.807) is 6.20 Å². The third-order valence-electron chi connectivity index (χ3n) is 8.87. The van der Waals surface area contributed by atoms with E-state index in [4.69, 9.17) is 9.47 Å². The summed E-state index contributed by atoms with van der Waals surface area (Å²) in [6.07, 6.45) is 1.09. The molecule has 0 bridgehead atoms. The highest BCUT2D eigenvalue weighted by atomic mass is 16.5. The summed E-state index contributed by atoms with van der Waals surface area (Å²) in [4.78, 5) is 61.1. The number of esters is 1. The molecule has 4 atom stereocenters. The molecule has 12 nitrogen and oxygen atoms in total. The number of fused-ring (bicyclic) bond motifs is 1. The standard InChI is InChI=1S/C42H47N5O7/c1-28(2)20-35(38(48)23-39(49)53-25-29-12-5-3-6-13-29)45-41(51)37(22-33-24-43-27-44-33)46-40(50)36(47-42(52)54-26-30-14-7-4-8-15-30)21-32-18-11-17-31-16-9-10-19-34(31)32/h3-19,24,27-28,35-38,48H,20-23,25-26H2,1-2H3,(H,43,44)(H,45,51)(H,46,50)(H,47,52)/t35-,36+,37?,38-/m0/s1. The number of amides is 3. The number of aromatic amines is 1. The van der Waals surface area contributed by atoms with E-state index in [9.17, 15) is 24.3 Å². The van der Waals surface area contributed by atoms with Gasteiger partial charge in [-0.15, -0.1) is 0 Å². The molecule has 5 aromatic rings. The van der Waals surface area contributed by atoms with Gasteiger partial charge in [0, 0.05) is 24.7 Å². The maximum Gasteiger partial charge on any atom is 0.408 e. The number of nitrogens with zero attached hydrogens (tertiary/aromatic N) is 1. The number of carbonyl (C=O) groups is 4. The van der Waals surface area contributed by atoms with Crippen molar-refractivity contribution < 1.29 is 33.8 Å². The lowest BCUT2D eigenvalue weighted by Crippen LogP contribution is -2.57. The number of hydrogen-bond acceptors (Lipinski definition) is 8. The van der Waals surface area contributed by atoms with E-state index < -0.39 is 48.1 Å². The molecule has 1 heterocycles. The molecule has 0 aliphatic carbocycles. The van der Waals surface area contributed by atoms with Crippen LogP contribution in [0.25, 0.3) is 10.8 Å². The molecule has 0 fully saturated rings. The highest BCUT2D eigenvalue weighted by Gasteiger charge is 2.32. The van der Waals surface area contributed by atoms with Gasteiger partial charge >= 0.3 is 12.1 Å². The summed E-state index contributed by atoms with van der Waals surface area (Å²) in [5.41, 5.74) is 2.97. The first-order valence-electron chi connectivity index (χ1n) is 18.0. The monoisotopic (exact) mass is 733 g/mol. The minimum atomic E-state index is -1.26. The molecule has 0 spiro atoms. The number of aromatic nitrogens is 2. The number of aliphatic hydroxyl groups excluding tert-OH is 1. The van der Waals surface area contributed by atoms with Crippen LogP contribution in [0.1, 0.15) is 49.1 Å². The predicted molar refractivity (Wildman–Crippen MR) is 204 cm³/mol. The van der Waals surface area contributed by atoms with Crippen molar-refractivity contribution >= 4 is 34.6 Å². The van der Waals surface area contributed by atoms with Gasteiger partial charge in [-0.1, -0.05) is 117 Å². The number of rotatable bonds is 18. The fourth-order valence-electron chi connectivity index (χ4n) is 6.12. The molecule has 1 aromatic heterocycles. The Morgan fingerprint density at radius 1 is 0.722 bits per heavy atom. The molecule has 54 heavy (non-hydrogen) atoms. The zero-order valence-electron chi connectivity index (χ0n) is 30.4. The molecule has 5 rings (SSSR count). The molecule has 4 aromatic carbocycles. The van der Waals surface area contributed by atoms with Gasteiger partial charge in [-0.05, 0) is 39.8 Å². The smallest absolute Gasteiger partial charge is 0.408 e. The first-order chi connectivity index (χ1) is 26.1. The Morgan fingerprint density at radius 3 is 2.00 bits per heavy atom. The molecule has 282 valence electrons. The van der Waals surface area contributed by atoms with Crippen molar-refractivity contribution in [2.24, 2.45) is 5.92 Å². The molecule has 1 unspecified atom stereocenters. The van der Waals surface area contributed by atoms with E-state index in [1.807, 2.05) is 117 Å². The molecule has 12 heteroatoms. The van der Waals surface area contributed by atoms with Crippen molar-refractivity contribution in [1.82, 2.24) is 25.9 Å². The Morgan fingerprint density at radius 2 is 1.33 bits per heavy atom. The van der Waals surface area contributed by atoms with Crippen LogP contribution in [0, 0.1) is 5.92 Å². The highest BCUT2D eigenvalue weighted by molar-refractivity contribution is 5.93. The third-order valence-corrected chi connectivity index (χ3v) is 8.87. The maximum absolute atomic E-state index is 14.2. The number of nitrogens with one attached hydrogen (secondary N) is 4. The Hall–Kier alpha value is -6.01. The van der Waals surface area contributed by atoms with E-state index in [0.29, 0.717) is 12.1 Å². The first kappa shape index (κ1) is 39.2. The lowest BCUT2D eigenvalue weighted by atomic mass is 9.96. The van der Waals surface area contributed by atoms with E-state index in [2.05, 4.69) is 25.9 Å². The Bertz CT molecular complexity index is 1950. The number of carbonyl (C=O) groups excluding carboxylic acids is 4. The summed E-state index contributed by atoms with van der Waals surface area (Å²) in [7, 11) is 0. The molecule has 0 aliphatic rings. The molecule has 0 saturated heterocycles. The normalized spacial score (nSPS) is 13.3. The van der Waals surface area contributed by atoms with Crippen LogP contribution in [0.3, 0.4) is 0 Å². The van der Waals surface area contributed by atoms with Gasteiger partial charge in [-0.3, -0.25) is 14.4 Å². The van der Waals surface area contributed by atoms with Gasteiger partial charge in [0.2, 0.25) is 11.8 Å².